The van der Waals surface area contributed by atoms with Crippen LogP contribution in [0.4, 0.5) is 0 Å². The number of aliphatic carboxylic acids is 1. The van der Waals surface area contributed by atoms with Gasteiger partial charge in [0.15, 0.2) is 5.78 Å². The Balaban J connectivity index is 3.42. The highest BCUT2D eigenvalue weighted by molar-refractivity contribution is 5.84. The summed E-state index contributed by atoms with van der Waals surface area (Å²) in [6.07, 6.45) is 0.446. The normalized spacial score (nSPS) is 12.2. The van der Waals surface area contributed by atoms with Gasteiger partial charge < -0.3 is 34.7 Å². The van der Waals surface area contributed by atoms with E-state index < -0.39 is 17.3 Å². The molecule has 33 heavy (non-hydrogen) atoms. The molecule has 11 heteroatoms. The number of rotatable bonds is 20. The molecule has 0 rings (SSSR count). The lowest BCUT2D eigenvalue weighted by Gasteiger charge is -2.16. The second-order valence-corrected chi connectivity index (χ2v) is 8.48. The molecular weight excluding hydrogens is 436 g/mol. The van der Waals surface area contributed by atoms with E-state index in [0.717, 1.165) is 0 Å². The first kappa shape index (κ1) is 30.9. The molecule has 1 unspecified atom stereocenters. The minimum atomic E-state index is -0.916. The maximum absolute atomic E-state index is 11.7. The Labute approximate surface area is 195 Å². The van der Waals surface area contributed by atoms with E-state index in [2.05, 4.69) is 10.6 Å². The predicted molar refractivity (Wildman–Crippen MR) is 120 cm³/mol. The van der Waals surface area contributed by atoms with Crippen molar-refractivity contribution in [2.75, 3.05) is 65.9 Å². The molecule has 2 amide bonds. The van der Waals surface area contributed by atoms with Crippen LogP contribution in [0, 0.1) is 11.3 Å². The number of carboxylic acid groups (broad SMARTS) is 1. The van der Waals surface area contributed by atoms with Gasteiger partial charge in [0.25, 0.3) is 0 Å². The number of nitrogens with one attached hydrogen (secondary N) is 2. The molecule has 0 aromatic rings. The zero-order chi connectivity index (χ0) is 25.1. The third-order valence-electron chi connectivity index (χ3n) is 4.41. The van der Waals surface area contributed by atoms with E-state index in [-0.39, 0.29) is 56.9 Å². The number of hydrogen-bond donors (Lipinski definition) is 3. The first-order valence-corrected chi connectivity index (χ1v) is 11.1. The van der Waals surface area contributed by atoms with E-state index in [1.807, 2.05) is 20.8 Å². The predicted octanol–water partition coefficient (Wildman–Crippen LogP) is 0.401. The van der Waals surface area contributed by atoms with E-state index in [1.54, 1.807) is 6.92 Å². The maximum Gasteiger partial charge on any atom is 0.306 e. The number of Topliss-reactive ketones (excluding diaryl/α,β-unsaturated/α-hetero) is 1. The van der Waals surface area contributed by atoms with Crippen LogP contribution < -0.4 is 10.6 Å². The summed E-state index contributed by atoms with van der Waals surface area (Å²) in [4.78, 5) is 45.5. The summed E-state index contributed by atoms with van der Waals surface area (Å²) in [5, 5.41) is 14.1. The van der Waals surface area contributed by atoms with Crippen molar-refractivity contribution in [1.82, 2.24) is 10.6 Å². The zero-order valence-corrected chi connectivity index (χ0v) is 20.3. The minimum absolute atomic E-state index is 0.0339. The van der Waals surface area contributed by atoms with Crippen molar-refractivity contribution in [1.29, 1.82) is 0 Å². The fraction of sp³-hybridized carbons (Fsp3) is 0.818. The van der Waals surface area contributed by atoms with E-state index in [4.69, 9.17) is 24.1 Å². The van der Waals surface area contributed by atoms with Gasteiger partial charge >= 0.3 is 5.97 Å². The van der Waals surface area contributed by atoms with Crippen LogP contribution in [0.15, 0.2) is 0 Å². The summed E-state index contributed by atoms with van der Waals surface area (Å²) in [5.41, 5.74) is -0.415. The highest BCUT2D eigenvalue weighted by Crippen LogP contribution is 2.14. The van der Waals surface area contributed by atoms with Gasteiger partial charge in [-0.05, 0) is 6.42 Å². The second-order valence-electron chi connectivity index (χ2n) is 8.48. The fourth-order valence-electron chi connectivity index (χ4n) is 2.12. The van der Waals surface area contributed by atoms with Crippen molar-refractivity contribution < 1.29 is 43.2 Å². The van der Waals surface area contributed by atoms with Gasteiger partial charge in [-0.2, -0.15) is 0 Å². The summed E-state index contributed by atoms with van der Waals surface area (Å²) >= 11 is 0. The Morgan fingerprint density at radius 3 is 1.76 bits per heavy atom. The van der Waals surface area contributed by atoms with Gasteiger partial charge in [-0.25, -0.2) is 0 Å². The molecule has 192 valence electrons. The first-order chi connectivity index (χ1) is 15.5. The first-order valence-electron chi connectivity index (χ1n) is 11.1. The molecule has 0 heterocycles. The summed E-state index contributed by atoms with van der Waals surface area (Å²) in [7, 11) is 0. The van der Waals surface area contributed by atoms with E-state index >= 15 is 0 Å². The highest BCUT2D eigenvalue weighted by Gasteiger charge is 2.20. The quantitative estimate of drug-likeness (QED) is 0.212. The molecule has 0 bridgehead atoms. The largest absolute Gasteiger partial charge is 0.481 e. The number of carbonyl (C=O) groups is 4. The molecule has 11 nitrogen and oxygen atoms in total. The maximum atomic E-state index is 11.7. The van der Waals surface area contributed by atoms with Crippen LogP contribution in [0.5, 0.6) is 0 Å². The summed E-state index contributed by atoms with van der Waals surface area (Å²) < 4.78 is 21.1. The molecule has 0 aliphatic rings. The van der Waals surface area contributed by atoms with Crippen molar-refractivity contribution in [3.8, 4) is 0 Å². The third kappa shape index (κ3) is 19.1. The van der Waals surface area contributed by atoms with Crippen molar-refractivity contribution in [2.45, 2.75) is 40.5 Å². The fourth-order valence-corrected chi connectivity index (χ4v) is 2.12. The molecule has 0 aliphatic carbocycles. The van der Waals surface area contributed by atoms with Gasteiger partial charge in [-0.1, -0.05) is 27.7 Å². The Kier molecular flexibility index (Phi) is 17.2. The van der Waals surface area contributed by atoms with Crippen molar-refractivity contribution in [3.63, 3.8) is 0 Å². The Morgan fingerprint density at radius 1 is 0.758 bits per heavy atom. The number of ketones is 1. The van der Waals surface area contributed by atoms with Crippen LogP contribution in [0.25, 0.3) is 0 Å². The van der Waals surface area contributed by atoms with Crippen LogP contribution in [0.2, 0.25) is 0 Å². The molecule has 0 radical (unpaired) electrons. The second kappa shape index (κ2) is 18.4. The van der Waals surface area contributed by atoms with Crippen LogP contribution in [0.3, 0.4) is 0 Å². The van der Waals surface area contributed by atoms with Gasteiger partial charge in [0.05, 0.1) is 45.6 Å². The lowest BCUT2D eigenvalue weighted by molar-refractivity contribution is -0.141. The van der Waals surface area contributed by atoms with Gasteiger partial charge in [-0.3, -0.25) is 19.2 Å². The van der Waals surface area contributed by atoms with Gasteiger partial charge in [-0.15, -0.1) is 0 Å². The molecular formula is C22H40N2O9. The molecule has 0 saturated carbocycles. The number of amides is 2. The molecule has 3 N–H and O–H groups in total. The van der Waals surface area contributed by atoms with Crippen molar-refractivity contribution in [3.05, 3.63) is 0 Å². The summed E-state index contributed by atoms with van der Waals surface area (Å²) in [6, 6.07) is 0. The topological polar surface area (TPSA) is 149 Å². The van der Waals surface area contributed by atoms with E-state index in [0.29, 0.717) is 39.5 Å². The van der Waals surface area contributed by atoms with Gasteiger partial charge in [0.1, 0.15) is 13.2 Å². The number of carboxylic acids is 1. The highest BCUT2D eigenvalue weighted by atomic mass is 16.5. The summed E-state index contributed by atoms with van der Waals surface area (Å²) in [5.74, 6) is -1.92. The standard InChI is InChI=1S/C22H40N2O9/c1-17(21(28)29)5-6-19(26)23-7-9-30-12-14-33-16-20(27)24-8-10-31-11-13-32-15-18(25)22(2,3)4/h17H,5-16H2,1-4H3,(H,23,26)(H,24,27)(H,28,29). The number of carbonyl (C=O) groups excluding carboxylic acids is 3. The smallest absolute Gasteiger partial charge is 0.306 e. The molecule has 0 saturated heterocycles. The molecule has 0 spiro atoms. The molecule has 0 fully saturated rings. The lowest BCUT2D eigenvalue weighted by atomic mass is 9.91. The van der Waals surface area contributed by atoms with E-state index in [1.165, 1.54) is 0 Å². The van der Waals surface area contributed by atoms with Crippen LogP contribution in [0.1, 0.15) is 40.5 Å². The Morgan fingerprint density at radius 2 is 1.24 bits per heavy atom. The van der Waals surface area contributed by atoms with E-state index in [9.17, 15) is 19.2 Å². The van der Waals surface area contributed by atoms with Gasteiger partial charge in [0, 0.05) is 24.9 Å². The Bertz CT molecular complexity index is 591. The monoisotopic (exact) mass is 476 g/mol. The van der Waals surface area contributed by atoms with Gasteiger partial charge in [0.2, 0.25) is 11.8 Å². The third-order valence-corrected chi connectivity index (χ3v) is 4.41. The molecule has 0 aromatic carbocycles. The average molecular weight is 477 g/mol. The minimum Gasteiger partial charge on any atom is -0.481 e. The number of hydrogen-bond acceptors (Lipinski definition) is 8. The molecule has 0 aromatic heterocycles. The molecule has 0 aliphatic heterocycles. The average Bonchev–Trinajstić information content (AvgIpc) is 2.74. The van der Waals surface area contributed by atoms with Crippen LogP contribution in [-0.4, -0.2) is 94.6 Å². The Hall–Kier alpha value is -2.08. The zero-order valence-electron chi connectivity index (χ0n) is 20.3. The molecule has 1 atom stereocenters. The van der Waals surface area contributed by atoms with Crippen molar-refractivity contribution >= 4 is 23.6 Å². The van der Waals surface area contributed by atoms with Crippen LogP contribution in [-0.2, 0) is 38.1 Å². The summed E-state index contributed by atoms with van der Waals surface area (Å²) in [6.45, 7) is 9.48. The number of ether oxygens (including phenoxy) is 4. The SMILES string of the molecule is CC(CCC(=O)NCCOCCOCC(=O)NCCOCCOCC(=O)C(C)(C)C)C(=O)O. The lowest BCUT2D eigenvalue weighted by Crippen LogP contribution is -2.31. The van der Waals surface area contributed by atoms with Crippen LogP contribution >= 0.6 is 0 Å². The van der Waals surface area contributed by atoms with Crippen molar-refractivity contribution in [2.24, 2.45) is 11.3 Å².